The van der Waals surface area contributed by atoms with Crippen LogP contribution in [0.3, 0.4) is 0 Å². The van der Waals surface area contributed by atoms with E-state index in [1.54, 1.807) is 43.4 Å². The number of carboxylic acid groups (broad SMARTS) is 1. The summed E-state index contributed by atoms with van der Waals surface area (Å²) >= 11 is 5.99. The third-order valence-corrected chi connectivity index (χ3v) is 5.58. The lowest BCUT2D eigenvalue weighted by atomic mass is 9.84. The summed E-state index contributed by atoms with van der Waals surface area (Å²) in [5.74, 6) is -0.335. The van der Waals surface area contributed by atoms with Crippen molar-refractivity contribution in [1.82, 2.24) is 4.90 Å². The molecule has 1 aliphatic heterocycles. The van der Waals surface area contributed by atoms with Crippen LogP contribution in [0.15, 0.2) is 42.5 Å². The van der Waals surface area contributed by atoms with Gasteiger partial charge in [0.1, 0.15) is 0 Å². The topological polar surface area (TPSA) is 76.1 Å². The molecule has 0 spiro atoms. The van der Waals surface area contributed by atoms with Crippen LogP contribution in [0, 0.1) is 5.92 Å². The molecule has 7 heteroatoms. The van der Waals surface area contributed by atoms with E-state index in [1.165, 1.54) is 0 Å². The number of carboxylic acids is 1. The fraction of sp³-hybridized carbons (Fsp3) is 0.364. The molecule has 0 saturated carbocycles. The molecule has 0 bridgehead atoms. The number of piperidine rings is 1. The van der Waals surface area contributed by atoms with Crippen molar-refractivity contribution >= 4 is 23.5 Å². The molecule has 1 amide bonds. The van der Waals surface area contributed by atoms with E-state index in [4.69, 9.17) is 21.1 Å². The summed E-state index contributed by atoms with van der Waals surface area (Å²) in [6, 6.07) is 12.1. The third kappa shape index (κ3) is 4.65. The molecule has 1 heterocycles. The molecule has 3 rings (SSSR count). The number of carbonyl (C=O) groups is 2. The summed E-state index contributed by atoms with van der Waals surface area (Å²) < 4.78 is 10.6. The van der Waals surface area contributed by atoms with E-state index in [9.17, 15) is 14.7 Å². The van der Waals surface area contributed by atoms with Gasteiger partial charge in [0.2, 0.25) is 5.91 Å². The van der Waals surface area contributed by atoms with E-state index in [0.717, 1.165) is 11.1 Å². The summed E-state index contributed by atoms with van der Waals surface area (Å²) in [6.07, 6.45) is 1.13. The number of carbonyl (C=O) groups excluding carboxylic acids is 1. The van der Waals surface area contributed by atoms with Crippen LogP contribution in [0.25, 0.3) is 0 Å². The van der Waals surface area contributed by atoms with Crippen LogP contribution >= 0.6 is 11.6 Å². The van der Waals surface area contributed by atoms with E-state index in [2.05, 4.69) is 0 Å². The first-order valence-electron chi connectivity index (χ1n) is 9.43. The van der Waals surface area contributed by atoms with Crippen LogP contribution in [-0.2, 0) is 16.0 Å². The summed E-state index contributed by atoms with van der Waals surface area (Å²) in [4.78, 5) is 26.3. The number of ether oxygens (including phenoxy) is 2. The van der Waals surface area contributed by atoms with Crippen LogP contribution in [0.5, 0.6) is 11.5 Å². The maximum Gasteiger partial charge on any atom is 0.308 e. The van der Waals surface area contributed by atoms with Gasteiger partial charge in [0.05, 0.1) is 26.2 Å². The van der Waals surface area contributed by atoms with Crippen LogP contribution < -0.4 is 9.47 Å². The summed E-state index contributed by atoms with van der Waals surface area (Å²) in [7, 11) is 3.15. The molecule has 2 aromatic rings. The monoisotopic (exact) mass is 417 g/mol. The fourth-order valence-corrected chi connectivity index (χ4v) is 3.96. The number of hydrogen-bond acceptors (Lipinski definition) is 4. The second-order valence-corrected chi connectivity index (χ2v) is 7.44. The standard InChI is InChI=1S/C22H24ClNO5/c1-28-18-9-3-14(13-19(18)29-2)11-12-24-20(25)10-8-17(22(26)27)21(24)15-4-6-16(23)7-5-15/h3-7,9,13,17,21H,8,10-12H2,1-2H3,(H,26,27)/t17-,21-/m1/s1. The van der Waals surface area contributed by atoms with Crippen LogP contribution in [0.4, 0.5) is 0 Å². The van der Waals surface area contributed by atoms with Gasteiger partial charge in [-0.1, -0.05) is 29.8 Å². The van der Waals surface area contributed by atoms with E-state index in [-0.39, 0.29) is 12.3 Å². The van der Waals surface area contributed by atoms with Gasteiger partial charge < -0.3 is 19.5 Å². The zero-order chi connectivity index (χ0) is 21.0. The molecule has 0 aliphatic carbocycles. The van der Waals surface area contributed by atoms with Gasteiger partial charge in [-0.05, 0) is 48.2 Å². The minimum Gasteiger partial charge on any atom is -0.493 e. The minimum atomic E-state index is -0.895. The summed E-state index contributed by atoms with van der Waals surface area (Å²) in [6.45, 7) is 0.408. The van der Waals surface area contributed by atoms with Gasteiger partial charge in [-0.15, -0.1) is 0 Å². The number of amides is 1. The Balaban J connectivity index is 1.86. The number of benzene rings is 2. The van der Waals surface area contributed by atoms with Gasteiger partial charge in [0.15, 0.2) is 11.5 Å². The average molecular weight is 418 g/mol. The molecule has 1 fully saturated rings. The molecule has 0 radical (unpaired) electrons. The third-order valence-electron chi connectivity index (χ3n) is 5.32. The van der Waals surface area contributed by atoms with Gasteiger partial charge in [0, 0.05) is 18.0 Å². The zero-order valence-corrected chi connectivity index (χ0v) is 17.2. The second kappa shape index (κ2) is 9.18. The SMILES string of the molecule is COc1ccc(CCN2C(=O)CC[C@@H](C(=O)O)[C@H]2c2ccc(Cl)cc2)cc1OC. The van der Waals surface area contributed by atoms with Gasteiger partial charge in [-0.2, -0.15) is 0 Å². The van der Waals surface area contributed by atoms with Crippen LogP contribution in [-0.4, -0.2) is 42.6 Å². The molecule has 154 valence electrons. The van der Waals surface area contributed by atoms with Crippen molar-refractivity contribution in [2.45, 2.75) is 25.3 Å². The van der Waals surface area contributed by atoms with Crippen molar-refractivity contribution in [3.8, 4) is 11.5 Å². The molecule has 1 saturated heterocycles. The minimum absolute atomic E-state index is 0.0390. The molecular formula is C22H24ClNO5. The largest absolute Gasteiger partial charge is 0.493 e. The highest BCUT2D eigenvalue weighted by Gasteiger charge is 2.40. The number of aliphatic carboxylic acids is 1. The predicted molar refractivity (Wildman–Crippen MR) is 110 cm³/mol. The number of halogens is 1. The molecule has 1 N–H and O–H groups in total. The smallest absolute Gasteiger partial charge is 0.308 e. The van der Waals surface area contributed by atoms with E-state index in [0.29, 0.717) is 35.9 Å². The first-order chi connectivity index (χ1) is 13.9. The van der Waals surface area contributed by atoms with Crippen molar-refractivity contribution in [2.75, 3.05) is 20.8 Å². The average Bonchev–Trinajstić information content (AvgIpc) is 2.72. The Bertz CT molecular complexity index is 883. The maximum atomic E-state index is 12.7. The fourth-order valence-electron chi connectivity index (χ4n) is 3.83. The Morgan fingerprint density at radius 2 is 1.83 bits per heavy atom. The molecule has 0 aromatic heterocycles. The van der Waals surface area contributed by atoms with Crippen LogP contribution in [0.2, 0.25) is 5.02 Å². The van der Waals surface area contributed by atoms with Crippen LogP contribution in [0.1, 0.15) is 30.0 Å². The number of nitrogens with zero attached hydrogens (tertiary/aromatic N) is 1. The van der Waals surface area contributed by atoms with E-state index in [1.807, 2.05) is 18.2 Å². The highest BCUT2D eigenvalue weighted by Crippen LogP contribution is 2.37. The van der Waals surface area contributed by atoms with Gasteiger partial charge >= 0.3 is 5.97 Å². The van der Waals surface area contributed by atoms with E-state index >= 15 is 0 Å². The predicted octanol–water partition coefficient (Wildman–Crippen LogP) is 3.96. The van der Waals surface area contributed by atoms with Crippen molar-refractivity contribution in [3.63, 3.8) is 0 Å². The summed E-state index contributed by atoms with van der Waals surface area (Å²) in [5.41, 5.74) is 1.75. The molecule has 1 aliphatic rings. The number of rotatable bonds is 7. The van der Waals surface area contributed by atoms with Gasteiger partial charge in [-0.25, -0.2) is 0 Å². The van der Waals surface area contributed by atoms with Crippen molar-refractivity contribution in [3.05, 3.63) is 58.6 Å². The number of methoxy groups -OCH3 is 2. The molecule has 2 aromatic carbocycles. The van der Waals surface area contributed by atoms with E-state index < -0.39 is 17.9 Å². The number of likely N-dealkylation sites (tertiary alicyclic amines) is 1. The normalized spacial score (nSPS) is 19.1. The molecule has 6 nitrogen and oxygen atoms in total. The first kappa shape index (κ1) is 21.0. The second-order valence-electron chi connectivity index (χ2n) is 7.01. The maximum absolute atomic E-state index is 12.7. The quantitative estimate of drug-likeness (QED) is 0.737. The van der Waals surface area contributed by atoms with Crippen molar-refractivity contribution < 1.29 is 24.2 Å². The molecule has 0 unspecified atom stereocenters. The zero-order valence-electron chi connectivity index (χ0n) is 16.4. The lowest BCUT2D eigenvalue weighted by Gasteiger charge is -2.40. The number of hydrogen-bond donors (Lipinski definition) is 1. The first-order valence-corrected chi connectivity index (χ1v) is 9.81. The Hall–Kier alpha value is -2.73. The Kier molecular flexibility index (Phi) is 6.64. The molecule has 2 atom stereocenters. The van der Waals surface area contributed by atoms with Gasteiger partial charge in [-0.3, -0.25) is 9.59 Å². The van der Waals surface area contributed by atoms with Gasteiger partial charge in [0.25, 0.3) is 0 Å². The van der Waals surface area contributed by atoms with Crippen molar-refractivity contribution in [1.29, 1.82) is 0 Å². The highest BCUT2D eigenvalue weighted by atomic mass is 35.5. The Morgan fingerprint density at radius 1 is 1.14 bits per heavy atom. The lowest BCUT2D eigenvalue weighted by Crippen LogP contribution is -2.46. The molecule has 29 heavy (non-hydrogen) atoms. The van der Waals surface area contributed by atoms with Crippen molar-refractivity contribution in [2.24, 2.45) is 5.92 Å². The molecular weight excluding hydrogens is 394 g/mol. The Labute approximate surface area is 175 Å². The highest BCUT2D eigenvalue weighted by molar-refractivity contribution is 6.30. The summed E-state index contributed by atoms with van der Waals surface area (Å²) in [5, 5.41) is 10.3. The lowest BCUT2D eigenvalue weighted by molar-refractivity contribution is -0.152. The Morgan fingerprint density at radius 3 is 2.45 bits per heavy atom.